The van der Waals surface area contributed by atoms with Crippen LogP contribution in [0.1, 0.15) is 15.9 Å². The number of carbonyl (C=O) groups excluding carboxylic acids is 2. The van der Waals surface area contributed by atoms with E-state index in [1.54, 1.807) is 54.1 Å². The van der Waals surface area contributed by atoms with Crippen molar-refractivity contribution in [2.75, 3.05) is 51.3 Å². The molecular formula is C31H31ClFN5O3. The largest absolute Gasteiger partial charge is 0.379 e. The summed E-state index contributed by atoms with van der Waals surface area (Å²) in [6.45, 7) is 5.15. The maximum atomic E-state index is 14.5. The Morgan fingerprint density at radius 1 is 1.05 bits per heavy atom. The van der Waals surface area contributed by atoms with Gasteiger partial charge in [-0.1, -0.05) is 60.1 Å². The van der Waals surface area contributed by atoms with Gasteiger partial charge in [0.05, 0.1) is 35.2 Å². The van der Waals surface area contributed by atoms with Crippen LogP contribution in [0, 0.1) is 12.7 Å². The first-order valence-corrected chi connectivity index (χ1v) is 13.8. The Morgan fingerprint density at radius 3 is 2.51 bits per heavy atom. The van der Waals surface area contributed by atoms with Gasteiger partial charge in [-0.2, -0.15) is 0 Å². The highest BCUT2D eigenvalue weighted by molar-refractivity contribution is 6.33. The SMILES string of the molecule is Cc1ccc(-n2cc(-c3ccccc3)nc2NC(=O)CN(CCN2CCOCC2)C(=O)c2ccccc2Cl)cc1F. The molecule has 2 heterocycles. The van der Waals surface area contributed by atoms with E-state index in [0.29, 0.717) is 53.8 Å². The zero-order valence-electron chi connectivity index (χ0n) is 22.7. The van der Waals surface area contributed by atoms with E-state index in [1.165, 1.54) is 11.0 Å². The molecule has 2 amide bonds. The second-order valence-corrected chi connectivity index (χ2v) is 10.2. The Bertz CT molecular complexity index is 1520. The van der Waals surface area contributed by atoms with Crippen LogP contribution in [0.25, 0.3) is 16.9 Å². The van der Waals surface area contributed by atoms with Gasteiger partial charge in [0.2, 0.25) is 11.9 Å². The molecule has 3 aromatic carbocycles. The maximum absolute atomic E-state index is 14.5. The van der Waals surface area contributed by atoms with E-state index in [4.69, 9.17) is 16.3 Å². The standard InChI is InChI=1S/C31H31ClFN5O3/c1-22-11-12-24(19-27(22)33)38-20-28(23-7-3-2-4-8-23)34-31(38)35-29(39)21-37(14-13-36-15-17-41-18-16-36)30(40)25-9-5-6-10-26(25)32/h2-12,19-20H,13-18,21H2,1H3,(H,34,35,39). The first-order valence-electron chi connectivity index (χ1n) is 13.4. The van der Waals surface area contributed by atoms with Crippen molar-refractivity contribution in [2.24, 2.45) is 0 Å². The number of nitrogens with zero attached hydrogens (tertiary/aromatic N) is 4. The summed E-state index contributed by atoms with van der Waals surface area (Å²) >= 11 is 6.33. The third-order valence-corrected chi connectivity index (χ3v) is 7.31. The summed E-state index contributed by atoms with van der Waals surface area (Å²) in [5.41, 5.74) is 2.80. The van der Waals surface area contributed by atoms with Crippen molar-refractivity contribution in [3.05, 3.63) is 101 Å². The molecule has 0 aliphatic carbocycles. The van der Waals surface area contributed by atoms with E-state index < -0.39 is 5.91 Å². The van der Waals surface area contributed by atoms with Crippen LogP contribution in [0.3, 0.4) is 0 Å². The van der Waals surface area contributed by atoms with Crippen molar-refractivity contribution in [3.63, 3.8) is 0 Å². The summed E-state index contributed by atoms with van der Waals surface area (Å²) in [5, 5.41) is 3.17. The molecule has 212 valence electrons. The van der Waals surface area contributed by atoms with Crippen molar-refractivity contribution in [2.45, 2.75) is 6.92 Å². The van der Waals surface area contributed by atoms with Crippen LogP contribution in [0.15, 0.2) is 79.0 Å². The highest BCUT2D eigenvalue weighted by Gasteiger charge is 2.24. The zero-order valence-corrected chi connectivity index (χ0v) is 23.5. The van der Waals surface area contributed by atoms with Crippen LogP contribution in [0.5, 0.6) is 0 Å². The molecule has 1 aromatic heterocycles. The summed E-state index contributed by atoms with van der Waals surface area (Å²) in [6.07, 6.45) is 1.75. The minimum absolute atomic E-state index is 0.218. The van der Waals surface area contributed by atoms with Crippen molar-refractivity contribution in [1.82, 2.24) is 19.4 Å². The number of aryl methyl sites for hydroxylation is 1. The number of anilines is 1. The summed E-state index contributed by atoms with van der Waals surface area (Å²) < 4.78 is 21.6. The molecule has 0 spiro atoms. The number of benzene rings is 3. The summed E-state index contributed by atoms with van der Waals surface area (Å²) in [5.74, 6) is -0.927. The van der Waals surface area contributed by atoms with Gasteiger partial charge in [0.25, 0.3) is 5.91 Å². The summed E-state index contributed by atoms with van der Waals surface area (Å²) in [4.78, 5) is 35.3. The van der Waals surface area contributed by atoms with Crippen LogP contribution in [-0.4, -0.2) is 77.1 Å². The second-order valence-electron chi connectivity index (χ2n) is 9.83. The lowest BCUT2D eigenvalue weighted by Gasteiger charge is -2.30. The Labute approximate surface area is 243 Å². The smallest absolute Gasteiger partial charge is 0.255 e. The molecule has 5 rings (SSSR count). The quantitative estimate of drug-likeness (QED) is 0.302. The number of hydrogen-bond donors (Lipinski definition) is 1. The number of amides is 2. The Balaban J connectivity index is 1.40. The van der Waals surface area contributed by atoms with Gasteiger partial charge in [0, 0.05) is 37.9 Å². The first-order chi connectivity index (χ1) is 19.9. The molecule has 0 radical (unpaired) electrons. The molecule has 1 saturated heterocycles. The average Bonchev–Trinajstić information content (AvgIpc) is 3.41. The molecule has 4 aromatic rings. The summed E-state index contributed by atoms with van der Waals surface area (Å²) in [7, 11) is 0. The van der Waals surface area contributed by atoms with E-state index in [9.17, 15) is 14.0 Å². The van der Waals surface area contributed by atoms with Gasteiger partial charge in [-0.05, 0) is 36.8 Å². The maximum Gasteiger partial charge on any atom is 0.255 e. The molecule has 10 heteroatoms. The number of ether oxygens (including phenoxy) is 1. The number of hydrogen-bond acceptors (Lipinski definition) is 5. The highest BCUT2D eigenvalue weighted by atomic mass is 35.5. The third kappa shape index (κ3) is 7.00. The van der Waals surface area contributed by atoms with Crippen molar-refractivity contribution in [3.8, 4) is 16.9 Å². The molecular weight excluding hydrogens is 545 g/mol. The van der Waals surface area contributed by atoms with Crippen LogP contribution in [0.4, 0.5) is 10.3 Å². The molecule has 0 bridgehead atoms. The Morgan fingerprint density at radius 2 is 1.78 bits per heavy atom. The molecule has 0 unspecified atom stereocenters. The van der Waals surface area contributed by atoms with Gasteiger partial charge >= 0.3 is 0 Å². The van der Waals surface area contributed by atoms with Gasteiger partial charge in [0.1, 0.15) is 12.4 Å². The Kier molecular flexibility index (Phi) is 9.08. The number of halogens is 2. The molecule has 0 saturated carbocycles. The average molecular weight is 576 g/mol. The molecule has 1 fully saturated rings. The van der Waals surface area contributed by atoms with Gasteiger partial charge in [-0.3, -0.25) is 24.4 Å². The lowest BCUT2D eigenvalue weighted by molar-refractivity contribution is -0.117. The van der Waals surface area contributed by atoms with Crippen molar-refractivity contribution < 1.29 is 18.7 Å². The lowest BCUT2D eigenvalue weighted by atomic mass is 10.2. The third-order valence-electron chi connectivity index (χ3n) is 6.98. The van der Waals surface area contributed by atoms with E-state index in [2.05, 4.69) is 15.2 Å². The number of rotatable bonds is 9. The predicted octanol–water partition coefficient (Wildman–Crippen LogP) is 5.05. The topological polar surface area (TPSA) is 79.7 Å². The van der Waals surface area contributed by atoms with E-state index >= 15 is 0 Å². The van der Waals surface area contributed by atoms with Gasteiger partial charge < -0.3 is 9.64 Å². The number of nitrogens with one attached hydrogen (secondary N) is 1. The molecule has 41 heavy (non-hydrogen) atoms. The van der Waals surface area contributed by atoms with Crippen molar-refractivity contribution >= 4 is 29.4 Å². The number of aromatic nitrogens is 2. The molecule has 8 nitrogen and oxygen atoms in total. The van der Waals surface area contributed by atoms with Crippen LogP contribution in [0.2, 0.25) is 5.02 Å². The number of imidazole rings is 1. The monoisotopic (exact) mass is 575 g/mol. The molecule has 1 N–H and O–H groups in total. The molecule has 1 aliphatic heterocycles. The second kappa shape index (κ2) is 13.1. The minimum Gasteiger partial charge on any atom is -0.379 e. The Hall–Kier alpha value is -4.05. The van der Waals surface area contributed by atoms with Crippen LogP contribution < -0.4 is 5.32 Å². The minimum atomic E-state index is -0.438. The fraction of sp³-hybridized carbons (Fsp3) is 0.258. The number of morpholine rings is 1. The molecule has 1 aliphatic rings. The zero-order chi connectivity index (χ0) is 28.8. The van der Waals surface area contributed by atoms with Crippen molar-refractivity contribution in [1.29, 1.82) is 0 Å². The van der Waals surface area contributed by atoms with Gasteiger partial charge in [-0.15, -0.1) is 0 Å². The fourth-order valence-electron chi connectivity index (χ4n) is 4.63. The van der Waals surface area contributed by atoms with E-state index in [0.717, 1.165) is 18.7 Å². The van der Waals surface area contributed by atoms with E-state index in [1.807, 2.05) is 30.3 Å². The number of carbonyl (C=O) groups is 2. The fourth-order valence-corrected chi connectivity index (χ4v) is 4.84. The van der Waals surface area contributed by atoms with Gasteiger partial charge in [-0.25, -0.2) is 9.37 Å². The molecule has 0 atom stereocenters. The predicted molar refractivity (Wildman–Crippen MR) is 157 cm³/mol. The summed E-state index contributed by atoms with van der Waals surface area (Å²) in [6, 6.07) is 21.1. The van der Waals surface area contributed by atoms with Crippen LogP contribution >= 0.6 is 11.6 Å². The van der Waals surface area contributed by atoms with E-state index in [-0.39, 0.29) is 24.2 Å². The normalized spacial score (nSPS) is 13.6. The highest BCUT2D eigenvalue weighted by Crippen LogP contribution is 2.25. The first kappa shape index (κ1) is 28.5. The van der Waals surface area contributed by atoms with Gasteiger partial charge in [0.15, 0.2) is 0 Å². The lowest BCUT2D eigenvalue weighted by Crippen LogP contribution is -2.45. The van der Waals surface area contributed by atoms with Crippen LogP contribution in [-0.2, 0) is 9.53 Å².